The van der Waals surface area contributed by atoms with E-state index >= 15 is 0 Å². The molecule has 0 unspecified atom stereocenters. The van der Waals surface area contributed by atoms with Crippen molar-refractivity contribution in [3.63, 3.8) is 0 Å². The number of aliphatic imine (C=N–C) groups is 1. The lowest BCUT2D eigenvalue weighted by atomic mass is 10.1. The lowest BCUT2D eigenvalue weighted by molar-refractivity contribution is 0.0856. The van der Waals surface area contributed by atoms with Crippen molar-refractivity contribution in [2.45, 2.75) is 5.75 Å². The van der Waals surface area contributed by atoms with E-state index in [1.165, 1.54) is 12.7 Å². The first-order valence-electron chi connectivity index (χ1n) is 8.08. The molecule has 2 aromatic rings. The van der Waals surface area contributed by atoms with Crippen molar-refractivity contribution in [1.29, 1.82) is 0 Å². The highest BCUT2D eigenvalue weighted by Crippen LogP contribution is 2.32. The number of halogens is 1. The molecule has 0 aromatic heterocycles. The summed E-state index contributed by atoms with van der Waals surface area (Å²) < 4.78 is 11.7. The monoisotopic (exact) mass is 434 g/mol. The molecule has 7 heteroatoms. The minimum atomic E-state index is -0.125. The molecule has 0 aliphatic carbocycles. The van der Waals surface area contributed by atoms with E-state index in [9.17, 15) is 4.79 Å². The molecule has 1 amide bonds. The van der Waals surface area contributed by atoms with E-state index in [1.54, 1.807) is 42.0 Å². The van der Waals surface area contributed by atoms with Gasteiger partial charge in [-0.3, -0.25) is 14.7 Å². The quantitative estimate of drug-likeness (QED) is 0.706. The second kappa shape index (κ2) is 8.60. The van der Waals surface area contributed by atoms with Gasteiger partial charge in [0.05, 0.1) is 26.3 Å². The smallest absolute Gasteiger partial charge is 0.263 e. The minimum absolute atomic E-state index is 0.125. The number of amidine groups is 1. The molecule has 26 heavy (non-hydrogen) atoms. The second-order valence-electron chi connectivity index (χ2n) is 5.58. The van der Waals surface area contributed by atoms with E-state index in [-0.39, 0.29) is 5.91 Å². The zero-order chi connectivity index (χ0) is 18.5. The fourth-order valence-corrected chi connectivity index (χ4v) is 3.93. The van der Waals surface area contributed by atoms with Crippen molar-refractivity contribution in [3.8, 4) is 11.5 Å². The second-order valence-corrected chi connectivity index (χ2v) is 7.44. The largest absolute Gasteiger partial charge is 0.493 e. The van der Waals surface area contributed by atoms with E-state index in [0.29, 0.717) is 30.2 Å². The molecule has 0 N–H and O–H groups in total. The van der Waals surface area contributed by atoms with Crippen LogP contribution in [0.2, 0.25) is 0 Å². The molecule has 1 aliphatic rings. The van der Waals surface area contributed by atoms with Crippen LogP contribution in [0.3, 0.4) is 0 Å². The molecule has 0 saturated heterocycles. The lowest BCUT2D eigenvalue weighted by Gasteiger charge is -2.20. The maximum atomic E-state index is 13.1. The molecule has 1 heterocycles. The Morgan fingerprint density at radius 1 is 1.19 bits per heavy atom. The summed E-state index contributed by atoms with van der Waals surface area (Å²) in [4.78, 5) is 19.3. The summed E-state index contributed by atoms with van der Waals surface area (Å²) in [7, 11) is 3.10. The summed E-state index contributed by atoms with van der Waals surface area (Å²) in [6.45, 7) is 1.18. The van der Waals surface area contributed by atoms with Crippen LogP contribution in [0, 0.1) is 0 Å². The number of carbonyl (C=O) groups is 1. The zero-order valence-corrected chi connectivity index (χ0v) is 17.0. The Bertz CT molecular complexity index is 824. The molecule has 5 nitrogen and oxygen atoms in total. The van der Waals surface area contributed by atoms with Crippen LogP contribution in [0.25, 0.3) is 0 Å². The summed E-state index contributed by atoms with van der Waals surface area (Å²) in [5.74, 6) is 1.62. The van der Waals surface area contributed by atoms with Crippen molar-refractivity contribution >= 4 is 38.8 Å². The predicted octanol–water partition coefficient (Wildman–Crippen LogP) is 4.21. The molecule has 3 rings (SSSR count). The first-order chi connectivity index (χ1) is 12.6. The number of nitrogens with zero attached hydrogens (tertiary/aromatic N) is 2. The average molecular weight is 435 g/mol. The van der Waals surface area contributed by atoms with Crippen LogP contribution in [0.1, 0.15) is 15.9 Å². The summed E-state index contributed by atoms with van der Waals surface area (Å²) in [6.07, 6.45) is 0. The number of carbonyl (C=O) groups excluding carboxylic acids is 1. The third kappa shape index (κ3) is 4.04. The number of hydrogen-bond donors (Lipinski definition) is 0. The Labute approximate surface area is 165 Å². The molecule has 0 bridgehead atoms. The molecule has 0 spiro atoms. The molecule has 2 aromatic carbocycles. The topological polar surface area (TPSA) is 51.1 Å². The van der Waals surface area contributed by atoms with Gasteiger partial charge < -0.3 is 9.47 Å². The third-order valence-electron chi connectivity index (χ3n) is 3.96. The Morgan fingerprint density at radius 3 is 2.65 bits per heavy atom. The predicted molar refractivity (Wildman–Crippen MR) is 108 cm³/mol. The summed E-state index contributed by atoms with van der Waals surface area (Å²) in [5, 5.41) is 0.739. The minimum Gasteiger partial charge on any atom is -0.493 e. The van der Waals surface area contributed by atoms with Crippen LogP contribution in [-0.2, 0) is 5.75 Å². The van der Waals surface area contributed by atoms with Gasteiger partial charge in [-0.2, -0.15) is 0 Å². The van der Waals surface area contributed by atoms with Gasteiger partial charge in [0.25, 0.3) is 5.91 Å². The number of methoxy groups -OCH3 is 2. The summed E-state index contributed by atoms with van der Waals surface area (Å²) >= 11 is 5.00. The number of amides is 1. The van der Waals surface area contributed by atoms with Gasteiger partial charge in [0.2, 0.25) is 0 Å². The van der Waals surface area contributed by atoms with Gasteiger partial charge in [-0.25, -0.2) is 0 Å². The van der Waals surface area contributed by atoms with Crippen molar-refractivity contribution in [3.05, 3.63) is 58.1 Å². The van der Waals surface area contributed by atoms with Crippen molar-refractivity contribution in [2.75, 3.05) is 27.3 Å². The zero-order valence-electron chi connectivity index (χ0n) is 14.6. The van der Waals surface area contributed by atoms with Gasteiger partial charge in [0.15, 0.2) is 16.7 Å². The highest BCUT2D eigenvalue weighted by molar-refractivity contribution is 9.10. The Balaban J connectivity index is 1.75. The highest BCUT2D eigenvalue weighted by Gasteiger charge is 2.28. The maximum absolute atomic E-state index is 13.1. The first-order valence-corrected chi connectivity index (χ1v) is 9.86. The van der Waals surface area contributed by atoms with Gasteiger partial charge >= 0.3 is 0 Å². The van der Waals surface area contributed by atoms with Gasteiger partial charge in [-0.1, -0.05) is 45.9 Å². The van der Waals surface area contributed by atoms with Crippen LogP contribution in [-0.4, -0.2) is 43.3 Å². The van der Waals surface area contributed by atoms with E-state index in [1.807, 2.05) is 12.1 Å². The molecule has 136 valence electrons. The third-order valence-corrected chi connectivity index (χ3v) is 5.58. The number of rotatable bonds is 5. The average Bonchev–Trinajstić information content (AvgIpc) is 3.14. The fraction of sp³-hybridized carbons (Fsp3) is 0.263. The fourth-order valence-electron chi connectivity index (χ4n) is 2.67. The van der Waals surface area contributed by atoms with Crippen molar-refractivity contribution < 1.29 is 14.3 Å². The van der Waals surface area contributed by atoms with Crippen molar-refractivity contribution in [1.82, 2.24) is 4.90 Å². The Hall–Kier alpha value is -1.99. The molecule has 0 fully saturated rings. The van der Waals surface area contributed by atoms with Crippen LogP contribution in [0.4, 0.5) is 0 Å². The number of para-hydroxylation sites is 1. The molecule has 1 aliphatic heterocycles. The van der Waals surface area contributed by atoms with Crippen LogP contribution in [0.15, 0.2) is 51.9 Å². The molecular weight excluding hydrogens is 416 g/mol. The molecule has 0 saturated carbocycles. The van der Waals surface area contributed by atoms with E-state index in [4.69, 9.17) is 9.47 Å². The molecular formula is C19H19BrN2O3S. The summed E-state index contributed by atoms with van der Waals surface area (Å²) in [5.41, 5.74) is 1.66. The normalized spacial score (nSPS) is 13.5. The van der Waals surface area contributed by atoms with E-state index in [2.05, 4.69) is 33.1 Å². The standard InChI is InChI=1S/C19H19BrN2O3S/c1-24-16-5-3-4-15(17(16)25-2)18(23)22-11-10-21-19(22)26-12-13-6-8-14(20)9-7-13/h3-9H,10-12H2,1-2H3. The Morgan fingerprint density at radius 2 is 1.96 bits per heavy atom. The number of hydrogen-bond acceptors (Lipinski definition) is 5. The molecule has 0 atom stereocenters. The van der Waals surface area contributed by atoms with Gasteiger partial charge in [0.1, 0.15) is 0 Å². The highest BCUT2D eigenvalue weighted by atomic mass is 79.9. The van der Waals surface area contributed by atoms with Crippen LogP contribution in [0.5, 0.6) is 11.5 Å². The van der Waals surface area contributed by atoms with Gasteiger partial charge in [-0.15, -0.1) is 0 Å². The lowest BCUT2D eigenvalue weighted by Crippen LogP contribution is -2.33. The molecule has 0 radical (unpaired) electrons. The van der Waals surface area contributed by atoms with Crippen LogP contribution < -0.4 is 9.47 Å². The maximum Gasteiger partial charge on any atom is 0.263 e. The van der Waals surface area contributed by atoms with E-state index < -0.39 is 0 Å². The Kier molecular flexibility index (Phi) is 6.21. The SMILES string of the molecule is COc1cccc(C(=O)N2CCN=C2SCc2ccc(Br)cc2)c1OC. The first kappa shape index (κ1) is 18.8. The number of thioether (sulfide) groups is 1. The van der Waals surface area contributed by atoms with Gasteiger partial charge in [-0.05, 0) is 29.8 Å². The van der Waals surface area contributed by atoms with E-state index in [0.717, 1.165) is 15.4 Å². The number of ether oxygens (including phenoxy) is 2. The van der Waals surface area contributed by atoms with Crippen LogP contribution >= 0.6 is 27.7 Å². The van der Waals surface area contributed by atoms with Gasteiger partial charge in [0, 0.05) is 16.8 Å². The number of benzene rings is 2. The summed E-state index contributed by atoms with van der Waals surface area (Å²) in [6, 6.07) is 13.5. The van der Waals surface area contributed by atoms with Crippen molar-refractivity contribution in [2.24, 2.45) is 4.99 Å².